The predicted molar refractivity (Wildman–Crippen MR) is 89.2 cm³/mol. The van der Waals surface area contributed by atoms with Crippen molar-refractivity contribution in [2.45, 2.75) is 39.0 Å². The fraction of sp³-hybridized carbons (Fsp3) is 0.450. The van der Waals surface area contributed by atoms with Crippen LogP contribution < -0.4 is 0 Å². The second kappa shape index (κ2) is 7.25. The van der Waals surface area contributed by atoms with Crippen LogP contribution in [0.4, 0.5) is 0 Å². The molecule has 23 heavy (non-hydrogen) atoms. The van der Waals surface area contributed by atoms with Crippen molar-refractivity contribution in [3.63, 3.8) is 0 Å². The normalized spacial score (nSPS) is 22.7. The minimum absolute atomic E-state index is 0.157. The average molecular weight is 306 g/mol. The number of nitriles is 2. The molecular weight excluding hydrogens is 284 g/mol. The Bertz CT molecular complexity index is 647. The molecule has 0 radical (unpaired) electrons. The molecule has 0 aliphatic heterocycles. The van der Waals surface area contributed by atoms with Crippen molar-refractivity contribution < 1.29 is 4.79 Å². The summed E-state index contributed by atoms with van der Waals surface area (Å²) in [6.07, 6.45) is 4.56. The lowest BCUT2D eigenvalue weighted by Gasteiger charge is -2.38. The Hall–Kier alpha value is -2.39. The Morgan fingerprint density at radius 2 is 1.91 bits per heavy atom. The highest BCUT2D eigenvalue weighted by molar-refractivity contribution is 5.53. The number of carbonyl (C=O) groups is 1. The molecule has 0 N–H and O–H groups in total. The van der Waals surface area contributed by atoms with Crippen molar-refractivity contribution in [2.75, 3.05) is 0 Å². The second-order valence-electron chi connectivity index (χ2n) is 6.67. The van der Waals surface area contributed by atoms with Crippen molar-refractivity contribution in [3.8, 4) is 12.1 Å². The molecule has 2 rings (SSSR count). The van der Waals surface area contributed by atoms with Crippen LogP contribution in [0.1, 0.15) is 44.6 Å². The van der Waals surface area contributed by atoms with Crippen LogP contribution in [0, 0.1) is 39.9 Å². The van der Waals surface area contributed by atoms with E-state index >= 15 is 0 Å². The van der Waals surface area contributed by atoms with Gasteiger partial charge in [-0.1, -0.05) is 50.3 Å². The lowest BCUT2D eigenvalue weighted by atomic mass is 9.61. The molecule has 0 saturated carbocycles. The summed E-state index contributed by atoms with van der Waals surface area (Å²) in [4.78, 5) is 11.1. The molecule has 1 aliphatic carbocycles. The second-order valence-corrected chi connectivity index (χ2v) is 6.67. The van der Waals surface area contributed by atoms with Gasteiger partial charge in [-0.05, 0) is 29.9 Å². The number of nitrogens with zero attached hydrogens (tertiary/aromatic N) is 2. The van der Waals surface area contributed by atoms with Gasteiger partial charge in [0, 0.05) is 18.3 Å². The number of aldehydes is 1. The molecule has 3 nitrogen and oxygen atoms in total. The van der Waals surface area contributed by atoms with Gasteiger partial charge in [-0.15, -0.1) is 0 Å². The van der Waals surface area contributed by atoms with Gasteiger partial charge in [-0.3, -0.25) is 0 Å². The summed E-state index contributed by atoms with van der Waals surface area (Å²) >= 11 is 0. The molecule has 3 heteroatoms. The first-order chi connectivity index (χ1) is 11.1. The Morgan fingerprint density at radius 3 is 2.43 bits per heavy atom. The predicted octanol–water partition coefficient (Wildman–Crippen LogP) is 4.39. The summed E-state index contributed by atoms with van der Waals surface area (Å²) in [7, 11) is 0. The summed E-state index contributed by atoms with van der Waals surface area (Å²) < 4.78 is 0. The van der Waals surface area contributed by atoms with Crippen LogP contribution in [0.5, 0.6) is 0 Å². The quantitative estimate of drug-likeness (QED) is 0.598. The minimum atomic E-state index is -1.17. The van der Waals surface area contributed by atoms with Gasteiger partial charge in [0.1, 0.15) is 6.29 Å². The zero-order chi connectivity index (χ0) is 16.9. The topological polar surface area (TPSA) is 64.7 Å². The van der Waals surface area contributed by atoms with Crippen LogP contribution in [0.25, 0.3) is 0 Å². The van der Waals surface area contributed by atoms with Gasteiger partial charge in [0.2, 0.25) is 0 Å². The highest BCUT2D eigenvalue weighted by Crippen LogP contribution is 2.49. The molecule has 1 aromatic carbocycles. The number of rotatable bonds is 5. The van der Waals surface area contributed by atoms with Gasteiger partial charge >= 0.3 is 0 Å². The first-order valence-corrected chi connectivity index (χ1v) is 8.09. The van der Waals surface area contributed by atoms with Crippen LogP contribution in [0.2, 0.25) is 0 Å². The molecule has 0 saturated heterocycles. The van der Waals surface area contributed by atoms with Gasteiger partial charge < -0.3 is 4.79 Å². The summed E-state index contributed by atoms with van der Waals surface area (Å²) in [5.41, 5.74) is 0.884. The summed E-state index contributed by atoms with van der Waals surface area (Å²) in [6.45, 7) is 4.17. The van der Waals surface area contributed by atoms with E-state index in [9.17, 15) is 15.3 Å². The average Bonchev–Trinajstić information content (AvgIpc) is 2.56. The summed E-state index contributed by atoms with van der Waals surface area (Å²) in [5, 5.41) is 19.5. The number of hydrogen-bond donors (Lipinski definition) is 0. The van der Waals surface area contributed by atoms with E-state index in [1.54, 1.807) is 0 Å². The summed E-state index contributed by atoms with van der Waals surface area (Å²) in [6, 6.07) is 14.6. The van der Waals surface area contributed by atoms with Crippen molar-refractivity contribution in [1.29, 1.82) is 10.5 Å². The Balaban J connectivity index is 2.52. The van der Waals surface area contributed by atoms with Crippen molar-refractivity contribution in [2.24, 2.45) is 17.3 Å². The first-order valence-electron chi connectivity index (χ1n) is 8.09. The third-order valence-electron chi connectivity index (χ3n) is 4.65. The third-order valence-corrected chi connectivity index (χ3v) is 4.65. The maximum atomic E-state index is 11.1. The van der Waals surface area contributed by atoms with Gasteiger partial charge in [0.25, 0.3) is 0 Å². The maximum Gasteiger partial charge on any atom is 0.167 e. The molecule has 0 spiro atoms. The Kier molecular flexibility index (Phi) is 5.35. The maximum absolute atomic E-state index is 11.1. The molecule has 2 atom stereocenters. The van der Waals surface area contributed by atoms with E-state index in [0.717, 1.165) is 11.9 Å². The largest absolute Gasteiger partial charge is 0.303 e. The molecule has 118 valence electrons. The van der Waals surface area contributed by atoms with Crippen molar-refractivity contribution in [1.82, 2.24) is 0 Å². The van der Waals surface area contributed by atoms with Crippen LogP contribution in [-0.2, 0) is 4.79 Å². The van der Waals surface area contributed by atoms with Crippen LogP contribution in [0.3, 0.4) is 0 Å². The zero-order valence-corrected chi connectivity index (χ0v) is 13.7. The molecule has 0 fully saturated rings. The lowest BCUT2D eigenvalue weighted by Crippen LogP contribution is -2.35. The highest BCUT2D eigenvalue weighted by atomic mass is 16.1. The molecule has 0 aromatic heterocycles. The number of allylic oxidation sites excluding steroid dienone is 2. The molecule has 0 unspecified atom stereocenters. The number of hydrogen-bond acceptors (Lipinski definition) is 3. The highest BCUT2D eigenvalue weighted by Gasteiger charge is 2.46. The number of benzene rings is 1. The van der Waals surface area contributed by atoms with E-state index in [1.165, 1.54) is 5.56 Å². The molecule has 1 aromatic rings. The molecular formula is C20H22N2O. The van der Waals surface area contributed by atoms with E-state index < -0.39 is 5.41 Å². The third kappa shape index (κ3) is 3.35. The van der Waals surface area contributed by atoms with E-state index in [0.29, 0.717) is 18.8 Å². The number of carbonyl (C=O) groups excluding carboxylic acids is 1. The molecule has 0 heterocycles. The van der Waals surface area contributed by atoms with E-state index in [2.05, 4.69) is 44.2 Å². The van der Waals surface area contributed by atoms with Crippen LogP contribution in [-0.4, -0.2) is 6.29 Å². The minimum Gasteiger partial charge on any atom is -0.303 e. The fourth-order valence-corrected chi connectivity index (χ4v) is 3.53. The van der Waals surface area contributed by atoms with Gasteiger partial charge in [0.15, 0.2) is 5.41 Å². The SMILES string of the molecule is CC(C)CC1=C[C@@H](c2ccccc2)C[C@@H](CC=O)C1(C#N)C#N. The van der Waals surface area contributed by atoms with Gasteiger partial charge in [0.05, 0.1) is 12.1 Å². The fourth-order valence-electron chi connectivity index (χ4n) is 3.53. The standard InChI is InChI=1S/C20H22N2O/c1-15(2)10-19-12-17(16-6-4-3-5-7-16)11-18(8-9-23)20(19,13-21)14-22/h3-7,9,12,15,17-18H,8,10-11H2,1-2H3/t17-,18+/m0/s1. The van der Waals surface area contributed by atoms with Crippen molar-refractivity contribution >= 4 is 6.29 Å². The van der Waals surface area contributed by atoms with Crippen LogP contribution in [0.15, 0.2) is 42.0 Å². The molecule has 1 aliphatic rings. The van der Waals surface area contributed by atoms with E-state index in [-0.39, 0.29) is 18.3 Å². The zero-order valence-electron chi connectivity index (χ0n) is 13.7. The Labute approximate surface area is 138 Å². The van der Waals surface area contributed by atoms with Crippen molar-refractivity contribution in [3.05, 3.63) is 47.5 Å². The van der Waals surface area contributed by atoms with E-state index in [4.69, 9.17) is 0 Å². The molecule has 0 bridgehead atoms. The molecule has 0 amide bonds. The lowest BCUT2D eigenvalue weighted by molar-refractivity contribution is -0.109. The Morgan fingerprint density at radius 1 is 1.26 bits per heavy atom. The summed E-state index contributed by atoms with van der Waals surface area (Å²) in [5.74, 6) is 0.261. The van der Waals surface area contributed by atoms with Gasteiger partial charge in [-0.2, -0.15) is 10.5 Å². The van der Waals surface area contributed by atoms with Crippen LogP contribution >= 0.6 is 0 Å². The first kappa shape index (κ1) is 17.0. The monoisotopic (exact) mass is 306 g/mol. The van der Waals surface area contributed by atoms with E-state index in [1.807, 2.05) is 18.2 Å². The smallest absolute Gasteiger partial charge is 0.167 e. The van der Waals surface area contributed by atoms with Gasteiger partial charge in [-0.25, -0.2) is 0 Å².